The van der Waals surface area contributed by atoms with Gasteiger partial charge in [-0.15, -0.1) is 0 Å². The molecular weight excluding hydrogens is 350 g/mol. The van der Waals surface area contributed by atoms with Crippen LogP contribution in [0.2, 0.25) is 0 Å². The van der Waals surface area contributed by atoms with E-state index in [-0.39, 0.29) is 0 Å². The van der Waals surface area contributed by atoms with Gasteiger partial charge in [-0.3, -0.25) is 0 Å². The second-order valence-electron chi connectivity index (χ2n) is 8.84. The number of fused-ring (bicyclic) bond motifs is 3. The van der Waals surface area contributed by atoms with Gasteiger partial charge in [0.25, 0.3) is 0 Å². The number of hydrogen-bond donors (Lipinski definition) is 0. The average Bonchev–Trinajstić information content (AvgIpc) is 2.74. The van der Waals surface area contributed by atoms with Gasteiger partial charge in [0.15, 0.2) is 0 Å². The highest BCUT2D eigenvalue weighted by molar-refractivity contribution is 5.78. The standard InChI is InChI=1S/C28H33N/c1-5-6-12-27-21(4)25-14-13-24(23-10-8-7-9-11-23)19-26(25)28-18-22(17-20(2)3)15-16-29(27)28/h6-15,18-21,27H,5,16-17H2,1-4H3/t21-,27?/m1/s1. The van der Waals surface area contributed by atoms with Crippen LogP contribution in [0.25, 0.3) is 16.8 Å². The summed E-state index contributed by atoms with van der Waals surface area (Å²) >= 11 is 0. The maximum Gasteiger partial charge on any atom is 0.0542 e. The first-order chi connectivity index (χ1) is 14.1. The van der Waals surface area contributed by atoms with Gasteiger partial charge >= 0.3 is 0 Å². The van der Waals surface area contributed by atoms with Crippen LogP contribution in [-0.2, 0) is 0 Å². The van der Waals surface area contributed by atoms with Crippen LogP contribution in [0.5, 0.6) is 0 Å². The van der Waals surface area contributed by atoms with Crippen LogP contribution < -0.4 is 0 Å². The Kier molecular flexibility index (Phi) is 5.76. The maximum absolute atomic E-state index is 2.61. The first-order valence-corrected chi connectivity index (χ1v) is 11.1. The molecule has 0 spiro atoms. The second-order valence-corrected chi connectivity index (χ2v) is 8.84. The summed E-state index contributed by atoms with van der Waals surface area (Å²) in [6.45, 7) is 10.2. The van der Waals surface area contributed by atoms with Crippen molar-refractivity contribution in [2.45, 2.75) is 52.5 Å². The van der Waals surface area contributed by atoms with E-state index in [1.807, 2.05) is 0 Å². The van der Waals surface area contributed by atoms with Crippen molar-refractivity contribution >= 4 is 5.70 Å². The molecule has 1 unspecified atom stereocenters. The summed E-state index contributed by atoms with van der Waals surface area (Å²) in [4.78, 5) is 2.61. The minimum atomic E-state index is 0.424. The summed E-state index contributed by atoms with van der Waals surface area (Å²) in [5, 5.41) is 0. The Balaban J connectivity index is 1.82. The summed E-state index contributed by atoms with van der Waals surface area (Å²) in [5.41, 5.74) is 8.37. The van der Waals surface area contributed by atoms with E-state index in [1.165, 1.54) is 33.5 Å². The lowest BCUT2D eigenvalue weighted by Crippen LogP contribution is -2.41. The molecule has 0 fully saturated rings. The highest BCUT2D eigenvalue weighted by atomic mass is 15.2. The molecule has 0 aromatic heterocycles. The van der Waals surface area contributed by atoms with Gasteiger partial charge in [-0.1, -0.05) is 88.4 Å². The Morgan fingerprint density at radius 1 is 1.07 bits per heavy atom. The van der Waals surface area contributed by atoms with E-state index in [9.17, 15) is 0 Å². The molecular formula is C28H33N. The van der Waals surface area contributed by atoms with E-state index in [0.29, 0.717) is 17.9 Å². The fraction of sp³-hybridized carbons (Fsp3) is 0.357. The number of allylic oxidation sites excluding steroid dienone is 3. The van der Waals surface area contributed by atoms with Gasteiger partial charge in [-0.25, -0.2) is 0 Å². The third-order valence-corrected chi connectivity index (χ3v) is 6.19. The molecule has 0 bridgehead atoms. The fourth-order valence-corrected chi connectivity index (χ4v) is 4.75. The van der Waals surface area contributed by atoms with Crippen molar-refractivity contribution in [1.82, 2.24) is 4.90 Å². The van der Waals surface area contributed by atoms with Gasteiger partial charge in [0, 0.05) is 23.7 Å². The van der Waals surface area contributed by atoms with Crippen LogP contribution in [0.4, 0.5) is 0 Å². The lowest BCUT2D eigenvalue weighted by Gasteiger charge is -2.44. The van der Waals surface area contributed by atoms with Crippen molar-refractivity contribution in [3.8, 4) is 11.1 Å². The number of benzene rings is 2. The molecule has 2 aromatic rings. The highest BCUT2D eigenvalue weighted by Crippen LogP contribution is 2.43. The molecule has 150 valence electrons. The van der Waals surface area contributed by atoms with Gasteiger partial charge in [0.1, 0.15) is 0 Å². The van der Waals surface area contributed by atoms with Crippen molar-refractivity contribution < 1.29 is 0 Å². The Morgan fingerprint density at radius 2 is 1.86 bits per heavy atom. The average molecular weight is 384 g/mol. The first-order valence-electron chi connectivity index (χ1n) is 11.1. The summed E-state index contributed by atoms with van der Waals surface area (Å²) in [6.07, 6.45) is 11.9. The highest BCUT2D eigenvalue weighted by Gasteiger charge is 2.34. The first kappa shape index (κ1) is 19.8. The predicted octanol–water partition coefficient (Wildman–Crippen LogP) is 7.43. The van der Waals surface area contributed by atoms with Gasteiger partial charge in [0.05, 0.1) is 6.04 Å². The number of nitrogens with zero attached hydrogens (tertiary/aromatic N) is 1. The van der Waals surface area contributed by atoms with Crippen LogP contribution in [-0.4, -0.2) is 17.5 Å². The Hall–Kier alpha value is -2.54. The zero-order chi connectivity index (χ0) is 20.4. The lowest BCUT2D eigenvalue weighted by molar-refractivity contribution is 0.316. The van der Waals surface area contributed by atoms with Gasteiger partial charge in [-0.05, 0) is 53.2 Å². The molecule has 0 saturated heterocycles. The summed E-state index contributed by atoms with van der Waals surface area (Å²) in [5.74, 6) is 1.16. The van der Waals surface area contributed by atoms with E-state index in [2.05, 4.69) is 105 Å². The molecule has 2 aliphatic rings. The van der Waals surface area contributed by atoms with Crippen LogP contribution in [0.3, 0.4) is 0 Å². The minimum Gasteiger partial charge on any atom is -0.360 e. The zero-order valence-electron chi connectivity index (χ0n) is 18.2. The summed E-state index contributed by atoms with van der Waals surface area (Å²) < 4.78 is 0. The molecule has 0 radical (unpaired) electrons. The normalized spacial score (nSPS) is 21.1. The van der Waals surface area contributed by atoms with Gasteiger partial charge in [0.2, 0.25) is 0 Å². The van der Waals surface area contributed by atoms with Crippen molar-refractivity contribution in [2.24, 2.45) is 5.92 Å². The largest absolute Gasteiger partial charge is 0.360 e. The van der Waals surface area contributed by atoms with E-state index in [1.54, 1.807) is 0 Å². The molecule has 29 heavy (non-hydrogen) atoms. The minimum absolute atomic E-state index is 0.424. The maximum atomic E-state index is 2.61. The quantitative estimate of drug-likeness (QED) is 0.485. The van der Waals surface area contributed by atoms with Crippen molar-refractivity contribution in [3.05, 3.63) is 89.5 Å². The Labute approximate surface area is 176 Å². The summed E-state index contributed by atoms with van der Waals surface area (Å²) in [7, 11) is 0. The molecule has 1 heteroatoms. The lowest BCUT2D eigenvalue weighted by atomic mass is 9.79. The molecule has 0 N–H and O–H groups in total. The Morgan fingerprint density at radius 3 is 2.59 bits per heavy atom. The van der Waals surface area contributed by atoms with Crippen LogP contribution in [0.1, 0.15) is 57.6 Å². The van der Waals surface area contributed by atoms with Crippen molar-refractivity contribution in [3.63, 3.8) is 0 Å². The number of rotatable bonds is 5. The van der Waals surface area contributed by atoms with Crippen LogP contribution in [0, 0.1) is 5.92 Å². The molecule has 2 heterocycles. The smallest absolute Gasteiger partial charge is 0.0542 e. The van der Waals surface area contributed by atoms with E-state index in [0.717, 1.165) is 19.4 Å². The van der Waals surface area contributed by atoms with Gasteiger partial charge in [-0.2, -0.15) is 0 Å². The molecule has 2 aromatic carbocycles. The van der Waals surface area contributed by atoms with E-state index >= 15 is 0 Å². The molecule has 0 saturated carbocycles. The molecule has 0 amide bonds. The third-order valence-electron chi connectivity index (χ3n) is 6.19. The van der Waals surface area contributed by atoms with Crippen LogP contribution in [0.15, 0.2) is 78.4 Å². The third kappa shape index (κ3) is 3.96. The molecule has 4 rings (SSSR count). The van der Waals surface area contributed by atoms with E-state index < -0.39 is 0 Å². The fourth-order valence-electron chi connectivity index (χ4n) is 4.75. The molecule has 1 nitrogen and oxygen atoms in total. The summed E-state index contributed by atoms with van der Waals surface area (Å²) in [6, 6.07) is 18.3. The SMILES string of the molecule is CCC=CC1[C@H](C)c2ccc(-c3ccccc3)cc2C2=CC(CC(C)C)=CCN21. The predicted molar refractivity (Wildman–Crippen MR) is 126 cm³/mol. The molecule has 0 aliphatic carbocycles. The second kappa shape index (κ2) is 8.45. The van der Waals surface area contributed by atoms with Crippen LogP contribution >= 0.6 is 0 Å². The monoisotopic (exact) mass is 383 g/mol. The Bertz CT molecular complexity index is 946. The molecule has 2 atom stereocenters. The van der Waals surface area contributed by atoms with Crippen molar-refractivity contribution in [1.29, 1.82) is 0 Å². The zero-order valence-corrected chi connectivity index (χ0v) is 18.2. The topological polar surface area (TPSA) is 3.24 Å². The number of hydrogen-bond acceptors (Lipinski definition) is 1. The van der Waals surface area contributed by atoms with Gasteiger partial charge < -0.3 is 4.90 Å². The van der Waals surface area contributed by atoms with E-state index in [4.69, 9.17) is 0 Å². The molecule has 2 aliphatic heterocycles. The van der Waals surface area contributed by atoms with Crippen molar-refractivity contribution in [2.75, 3.05) is 6.54 Å².